The topological polar surface area (TPSA) is 74.6 Å². The molecule has 2 aromatic rings. The molecule has 4 nitrogen and oxygen atoms in total. The number of carboxylic acid groups (broad SMARTS) is 1. The van der Waals surface area contributed by atoms with E-state index in [4.69, 9.17) is 28.3 Å². The Morgan fingerprint density at radius 1 is 1.13 bits per heavy atom. The van der Waals surface area contributed by atoms with E-state index in [-0.39, 0.29) is 5.02 Å². The molecule has 0 aliphatic rings. The number of aromatic hydroxyl groups is 1. The third-order valence-electron chi connectivity index (χ3n) is 2.97. The van der Waals surface area contributed by atoms with Gasteiger partial charge in [0.15, 0.2) is 5.78 Å². The molecule has 0 saturated carbocycles. The normalized spacial score (nSPS) is 10.9. The van der Waals surface area contributed by atoms with E-state index in [1.54, 1.807) is 18.2 Å². The van der Waals surface area contributed by atoms with Gasteiger partial charge in [-0.3, -0.25) is 4.79 Å². The Kier molecular flexibility index (Phi) is 5.03. The SMILES string of the molecule is O=C(O)c1cc(F)cc(C(=O)/C=C/c2cccc(Cl)c2Cl)c1O. The van der Waals surface area contributed by atoms with Gasteiger partial charge in [-0.2, -0.15) is 0 Å². The summed E-state index contributed by atoms with van der Waals surface area (Å²) in [7, 11) is 0. The second-order valence-corrected chi connectivity index (χ2v) is 5.28. The minimum atomic E-state index is -1.54. The fourth-order valence-corrected chi connectivity index (χ4v) is 2.23. The number of aromatic carboxylic acids is 1. The number of halogens is 3. The molecule has 0 atom stereocenters. The van der Waals surface area contributed by atoms with Crippen LogP contribution in [0.1, 0.15) is 26.3 Å². The average molecular weight is 355 g/mol. The summed E-state index contributed by atoms with van der Waals surface area (Å²) in [6, 6.07) is 6.19. The molecular weight excluding hydrogens is 346 g/mol. The van der Waals surface area contributed by atoms with Crippen molar-refractivity contribution in [1.29, 1.82) is 0 Å². The Bertz CT molecular complexity index is 831. The van der Waals surface area contributed by atoms with Crippen molar-refractivity contribution in [2.45, 2.75) is 0 Å². The van der Waals surface area contributed by atoms with Crippen molar-refractivity contribution in [1.82, 2.24) is 0 Å². The van der Waals surface area contributed by atoms with Crippen LogP contribution < -0.4 is 0 Å². The molecule has 2 aromatic carbocycles. The number of carbonyl (C=O) groups excluding carboxylic acids is 1. The van der Waals surface area contributed by atoms with Crippen LogP contribution in [0.3, 0.4) is 0 Å². The lowest BCUT2D eigenvalue weighted by atomic mass is 10.0. The predicted octanol–water partition coefficient (Wildman–Crippen LogP) is 4.43. The molecule has 2 N–H and O–H groups in total. The summed E-state index contributed by atoms with van der Waals surface area (Å²) >= 11 is 11.8. The van der Waals surface area contributed by atoms with Crippen LogP contribution in [-0.4, -0.2) is 22.0 Å². The number of rotatable bonds is 4. The molecule has 0 aromatic heterocycles. The zero-order valence-corrected chi connectivity index (χ0v) is 12.9. The Labute approximate surface area is 140 Å². The van der Waals surface area contributed by atoms with E-state index in [9.17, 15) is 19.1 Å². The van der Waals surface area contributed by atoms with Gasteiger partial charge in [-0.1, -0.05) is 35.3 Å². The number of phenols is 1. The van der Waals surface area contributed by atoms with Gasteiger partial charge in [0.05, 0.1) is 15.6 Å². The third-order valence-corrected chi connectivity index (χ3v) is 3.80. The lowest BCUT2D eigenvalue weighted by molar-refractivity contribution is 0.0693. The van der Waals surface area contributed by atoms with Crippen LogP contribution in [0.15, 0.2) is 36.4 Å². The Hall–Kier alpha value is -2.37. The molecule has 0 aliphatic carbocycles. The first kappa shape index (κ1) is 17.0. The van der Waals surface area contributed by atoms with E-state index in [2.05, 4.69) is 0 Å². The maximum Gasteiger partial charge on any atom is 0.339 e. The standard InChI is InChI=1S/C16H9Cl2FO4/c17-12-3-1-2-8(14(12)18)4-5-13(20)10-6-9(19)7-11(15(10)21)16(22)23/h1-7,21H,(H,22,23)/b5-4+. The number of benzene rings is 2. The van der Waals surface area contributed by atoms with Crippen molar-refractivity contribution in [3.63, 3.8) is 0 Å². The summed E-state index contributed by atoms with van der Waals surface area (Å²) in [5.41, 5.74) is -0.707. The zero-order chi connectivity index (χ0) is 17.1. The summed E-state index contributed by atoms with van der Waals surface area (Å²) in [5, 5.41) is 19.2. The summed E-state index contributed by atoms with van der Waals surface area (Å²) in [6.45, 7) is 0. The van der Waals surface area contributed by atoms with Crippen LogP contribution >= 0.6 is 23.2 Å². The van der Waals surface area contributed by atoms with Crippen LogP contribution in [0.4, 0.5) is 4.39 Å². The van der Waals surface area contributed by atoms with E-state index in [1.165, 1.54) is 6.08 Å². The predicted molar refractivity (Wildman–Crippen MR) is 84.9 cm³/mol. The highest BCUT2D eigenvalue weighted by atomic mass is 35.5. The van der Waals surface area contributed by atoms with Crippen LogP contribution in [0.25, 0.3) is 6.08 Å². The van der Waals surface area contributed by atoms with Crippen molar-refractivity contribution in [2.24, 2.45) is 0 Å². The molecule has 0 spiro atoms. The van der Waals surface area contributed by atoms with Gasteiger partial charge in [-0.25, -0.2) is 9.18 Å². The van der Waals surface area contributed by atoms with E-state index < -0.39 is 34.4 Å². The van der Waals surface area contributed by atoms with Gasteiger partial charge in [0.25, 0.3) is 0 Å². The molecule has 0 unspecified atom stereocenters. The summed E-state index contributed by atoms with van der Waals surface area (Å²) in [5.74, 6) is -4.07. The summed E-state index contributed by atoms with van der Waals surface area (Å²) in [4.78, 5) is 23.0. The number of hydrogen-bond donors (Lipinski definition) is 2. The van der Waals surface area contributed by atoms with E-state index in [0.29, 0.717) is 16.7 Å². The van der Waals surface area contributed by atoms with Crippen molar-refractivity contribution in [3.8, 4) is 5.75 Å². The lowest BCUT2D eigenvalue weighted by Crippen LogP contribution is -2.04. The van der Waals surface area contributed by atoms with Gasteiger partial charge in [0.1, 0.15) is 17.1 Å². The van der Waals surface area contributed by atoms with E-state index >= 15 is 0 Å². The molecule has 0 amide bonds. The first-order valence-corrected chi connectivity index (χ1v) is 6.99. The van der Waals surface area contributed by atoms with Gasteiger partial charge in [-0.05, 0) is 35.9 Å². The molecule has 0 fully saturated rings. The zero-order valence-electron chi connectivity index (χ0n) is 11.4. The van der Waals surface area contributed by atoms with Crippen LogP contribution in [0, 0.1) is 5.82 Å². The van der Waals surface area contributed by atoms with Crippen LogP contribution in [0.2, 0.25) is 10.0 Å². The Morgan fingerprint density at radius 3 is 2.43 bits per heavy atom. The minimum absolute atomic E-state index is 0.230. The summed E-state index contributed by atoms with van der Waals surface area (Å²) < 4.78 is 13.4. The number of carboxylic acids is 1. The van der Waals surface area contributed by atoms with E-state index in [0.717, 1.165) is 12.1 Å². The highest BCUT2D eigenvalue weighted by Gasteiger charge is 2.19. The second-order valence-electron chi connectivity index (χ2n) is 4.50. The molecular formula is C16H9Cl2FO4. The van der Waals surface area contributed by atoms with Crippen molar-refractivity contribution >= 4 is 41.0 Å². The molecule has 7 heteroatoms. The maximum atomic E-state index is 13.4. The molecule has 0 bridgehead atoms. The molecule has 118 valence electrons. The maximum absolute atomic E-state index is 13.4. The molecule has 0 saturated heterocycles. The van der Waals surface area contributed by atoms with Gasteiger partial charge < -0.3 is 10.2 Å². The van der Waals surface area contributed by atoms with E-state index in [1.807, 2.05) is 0 Å². The molecule has 0 heterocycles. The summed E-state index contributed by atoms with van der Waals surface area (Å²) in [6.07, 6.45) is 2.37. The number of carbonyl (C=O) groups is 2. The van der Waals surface area contributed by atoms with Gasteiger partial charge in [-0.15, -0.1) is 0 Å². The second kappa shape index (κ2) is 6.81. The Morgan fingerprint density at radius 2 is 1.78 bits per heavy atom. The van der Waals surface area contributed by atoms with Gasteiger partial charge in [0, 0.05) is 0 Å². The number of ketones is 1. The Balaban J connectivity index is 2.40. The highest BCUT2D eigenvalue weighted by Crippen LogP contribution is 2.28. The number of hydrogen-bond acceptors (Lipinski definition) is 3. The number of allylic oxidation sites excluding steroid dienone is 1. The van der Waals surface area contributed by atoms with Crippen molar-refractivity contribution in [3.05, 3.63) is 69.0 Å². The third kappa shape index (κ3) is 3.70. The smallest absolute Gasteiger partial charge is 0.339 e. The fraction of sp³-hybridized carbons (Fsp3) is 0. The minimum Gasteiger partial charge on any atom is -0.506 e. The monoisotopic (exact) mass is 354 g/mol. The molecule has 2 rings (SSSR count). The van der Waals surface area contributed by atoms with Crippen LogP contribution in [-0.2, 0) is 0 Å². The van der Waals surface area contributed by atoms with Gasteiger partial charge in [0.2, 0.25) is 0 Å². The fourth-order valence-electron chi connectivity index (χ4n) is 1.85. The van der Waals surface area contributed by atoms with Gasteiger partial charge >= 0.3 is 5.97 Å². The van der Waals surface area contributed by atoms with Crippen molar-refractivity contribution < 1.29 is 24.2 Å². The molecule has 0 radical (unpaired) electrons. The first-order chi connectivity index (χ1) is 10.8. The quantitative estimate of drug-likeness (QED) is 0.628. The van der Waals surface area contributed by atoms with Crippen LogP contribution in [0.5, 0.6) is 5.75 Å². The average Bonchev–Trinajstić information content (AvgIpc) is 2.50. The lowest BCUT2D eigenvalue weighted by Gasteiger charge is -2.05. The molecule has 23 heavy (non-hydrogen) atoms. The largest absolute Gasteiger partial charge is 0.506 e. The first-order valence-electron chi connectivity index (χ1n) is 6.23. The van der Waals surface area contributed by atoms with Crippen molar-refractivity contribution in [2.75, 3.05) is 0 Å². The highest BCUT2D eigenvalue weighted by molar-refractivity contribution is 6.42. The molecule has 0 aliphatic heterocycles.